The summed E-state index contributed by atoms with van der Waals surface area (Å²) in [6.45, 7) is 0.789. The van der Waals surface area contributed by atoms with Gasteiger partial charge in [-0.2, -0.15) is 0 Å². The van der Waals surface area contributed by atoms with Crippen LogP contribution in [-0.4, -0.2) is 42.3 Å². The number of nitrogens with two attached hydrogens (primary N) is 1. The fraction of sp³-hybridized carbons (Fsp3) is 0.455. The summed E-state index contributed by atoms with van der Waals surface area (Å²) in [6.07, 6.45) is 1.58. The van der Waals surface area contributed by atoms with E-state index in [0.29, 0.717) is 19.6 Å². The Morgan fingerprint density at radius 2 is 2.00 bits per heavy atom. The van der Waals surface area contributed by atoms with Crippen molar-refractivity contribution >= 4 is 25.5 Å². The average Bonchev–Trinajstić information content (AvgIpc) is 2.79. The van der Waals surface area contributed by atoms with E-state index >= 15 is 0 Å². The normalized spacial score (nSPS) is 20.1. The van der Waals surface area contributed by atoms with Crippen LogP contribution < -0.4 is 10.5 Å². The predicted octanol–water partition coefficient (Wildman–Crippen LogP) is -0.260. The molecule has 3 N–H and O–H groups in total. The lowest BCUT2D eigenvalue weighted by molar-refractivity contribution is 0.192. The van der Waals surface area contributed by atoms with E-state index in [4.69, 9.17) is 10.5 Å². The first-order valence-electron chi connectivity index (χ1n) is 5.90. The van der Waals surface area contributed by atoms with Crippen LogP contribution in [0.25, 0.3) is 0 Å². The summed E-state index contributed by atoms with van der Waals surface area (Å²) in [5.41, 5.74) is 5.65. The number of sulfonamides is 1. The molecule has 1 saturated heterocycles. The monoisotopic (exact) mass is 320 g/mol. The van der Waals surface area contributed by atoms with Gasteiger partial charge in [-0.1, -0.05) is 0 Å². The summed E-state index contributed by atoms with van der Waals surface area (Å²) >= 11 is 0. The summed E-state index contributed by atoms with van der Waals surface area (Å²) < 4.78 is 55.0. The number of nitrogens with one attached hydrogen (secondary N) is 1. The zero-order valence-corrected chi connectivity index (χ0v) is 12.5. The molecular weight excluding hydrogens is 304 g/mol. The van der Waals surface area contributed by atoms with Crippen molar-refractivity contribution in [1.82, 2.24) is 4.72 Å². The van der Waals surface area contributed by atoms with Crippen molar-refractivity contribution in [3.63, 3.8) is 0 Å². The first kappa shape index (κ1) is 15.2. The molecular formula is C11H16N2O5S2. The third-order valence-corrected chi connectivity index (χ3v) is 5.64. The van der Waals surface area contributed by atoms with Crippen LogP contribution >= 0.6 is 0 Å². The van der Waals surface area contributed by atoms with E-state index in [1.807, 2.05) is 0 Å². The molecule has 112 valence electrons. The Hall–Kier alpha value is -1.16. The lowest BCUT2D eigenvalue weighted by Crippen LogP contribution is -2.35. The van der Waals surface area contributed by atoms with Gasteiger partial charge in [-0.05, 0) is 24.6 Å². The Balaban J connectivity index is 2.40. The van der Waals surface area contributed by atoms with Crippen LogP contribution in [-0.2, 0) is 24.6 Å². The van der Waals surface area contributed by atoms with Crippen molar-refractivity contribution < 1.29 is 21.6 Å². The molecule has 20 heavy (non-hydrogen) atoms. The molecule has 0 spiro atoms. The fourth-order valence-corrected chi connectivity index (χ4v) is 4.02. The highest BCUT2D eigenvalue weighted by Gasteiger charge is 2.26. The van der Waals surface area contributed by atoms with Crippen molar-refractivity contribution in [2.75, 3.05) is 25.2 Å². The van der Waals surface area contributed by atoms with Gasteiger partial charge in [0.1, 0.15) is 4.90 Å². The van der Waals surface area contributed by atoms with Gasteiger partial charge in [0.15, 0.2) is 9.84 Å². The third-order valence-electron chi connectivity index (χ3n) is 2.95. The van der Waals surface area contributed by atoms with Gasteiger partial charge in [0.05, 0.1) is 17.2 Å². The minimum absolute atomic E-state index is 0.00353. The number of nitrogen functional groups attached to an aromatic ring is 1. The number of benzene rings is 1. The molecule has 1 aromatic rings. The molecule has 0 saturated carbocycles. The highest BCUT2D eigenvalue weighted by molar-refractivity contribution is 7.91. The Bertz CT molecular complexity index is 706. The van der Waals surface area contributed by atoms with Crippen LogP contribution in [0.4, 0.5) is 5.69 Å². The average molecular weight is 320 g/mol. The Kier molecular flexibility index (Phi) is 4.05. The molecule has 1 aliphatic heterocycles. The second-order valence-corrected chi connectivity index (χ2v) is 8.35. The number of sulfone groups is 1. The van der Waals surface area contributed by atoms with Crippen LogP contribution in [0.3, 0.4) is 0 Å². The standard InChI is InChI=1S/C11H16N2O5S2/c1-19(14,15)9-2-3-10(12)11(6-9)20(16,17)13-8-4-5-18-7-8/h2-3,6,8,13H,4-5,7,12H2,1H3. The second-order valence-electron chi connectivity index (χ2n) is 4.65. The fourth-order valence-electron chi connectivity index (χ4n) is 1.89. The maximum absolute atomic E-state index is 12.2. The molecule has 0 aromatic heterocycles. The van der Waals surface area contributed by atoms with Crippen molar-refractivity contribution in [1.29, 1.82) is 0 Å². The Morgan fingerprint density at radius 3 is 2.55 bits per heavy atom. The molecule has 0 amide bonds. The smallest absolute Gasteiger partial charge is 0.242 e. The molecule has 0 aliphatic carbocycles. The molecule has 1 fully saturated rings. The van der Waals surface area contributed by atoms with E-state index in [1.165, 1.54) is 12.1 Å². The molecule has 1 unspecified atom stereocenters. The largest absolute Gasteiger partial charge is 0.398 e. The Morgan fingerprint density at radius 1 is 1.30 bits per heavy atom. The van der Waals surface area contributed by atoms with Crippen molar-refractivity contribution in [3.05, 3.63) is 18.2 Å². The molecule has 1 aromatic carbocycles. The van der Waals surface area contributed by atoms with E-state index in [2.05, 4.69) is 4.72 Å². The van der Waals surface area contributed by atoms with Gasteiger partial charge >= 0.3 is 0 Å². The van der Waals surface area contributed by atoms with Gasteiger partial charge in [-0.25, -0.2) is 21.6 Å². The molecule has 0 radical (unpaired) electrons. The summed E-state index contributed by atoms with van der Waals surface area (Å²) in [5, 5.41) is 0. The van der Waals surface area contributed by atoms with Crippen LogP contribution in [0.2, 0.25) is 0 Å². The van der Waals surface area contributed by atoms with Crippen LogP contribution in [0.5, 0.6) is 0 Å². The molecule has 1 aliphatic rings. The summed E-state index contributed by atoms with van der Waals surface area (Å²) in [5.74, 6) is 0. The van der Waals surface area contributed by atoms with E-state index < -0.39 is 19.9 Å². The summed E-state index contributed by atoms with van der Waals surface area (Å²) in [4.78, 5) is -0.318. The number of rotatable bonds is 4. The van der Waals surface area contributed by atoms with Gasteiger partial charge in [0, 0.05) is 18.9 Å². The molecule has 1 heterocycles. The SMILES string of the molecule is CS(=O)(=O)c1ccc(N)c(S(=O)(=O)NC2CCOC2)c1. The highest BCUT2D eigenvalue weighted by atomic mass is 32.2. The third kappa shape index (κ3) is 3.29. The summed E-state index contributed by atoms with van der Waals surface area (Å²) in [6, 6.07) is 3.31. The van der Waals surface area contributed by atoms with E-state index in [0.717, 1.165) is 12.3 Å². The highest BCUT2D eigenvalue weighted by Crippen LogP contribution is 2.23. The van der Waals surface area contributed by atoms with Crippen molar-refractivity contribution in [2.45, 2.75) is 22.3 Å². The number of hydrogen-bond acceptors (Lipinski definition) is 6. The molecule has 1 atom stereocenters. The molecule has 2 rings (SSSR count). The minimum atomic E-state index is -3.88. The van der Waals surface area contributed by atoms with Crippen LogP contribution in [0, 0.1) is 0 Å². The molecule has 7 nitrogen and oxygen atoms in total. The van der Waals surface area contributed by atoms with E-state index in [9.17, 15) is 16.8 Å². The summed E-state index contributed by atoms with van der Waals surface area (Å²) in [7, 11) is -7.38. The van der Waals surface area contributed by atoms with Gasteiger partial charge in [-0.15, -0.1) is 0 Å². The number of anilines is 1. The van der Waals surface area contributed by atoms with E-state index in [-0.39, 0.29) is 21.5 Å². The quantitative estimate of drug-likeness (QED) is 0.738. The van der Waals surface area contributed by atoms with Gasteiger partial charge in [0.2, 0.25) is 10.0 Å². The second kappa shape index (κ2) is 5.32. The van der Waals surface area contributed by atoms with E-state index in [1.54, 1.807) is 0 Å². The maximum atomic E-state index is 12.2. The molecule has 9 heteroatoms. The predicted molar refractivity (Wildman–Crippen MR) is 73.5 cm³/mol. The van der Waals surface area contributed by atoms with Crippen molar-refractivity contribution in [2.24, 2.45) is 0 Å². The molecule has 0 bridgehead atoms. The van der Waals surface area contributed by atoms with Crippen LogP contribution in [0.15, 0.2) is 28.0 Å². The Labute approximate surface area is 118 Å². The first-order chi connectivity index (χ1) is 9.20. The van der Waals surface area contributed by atoms with Crippen LogP contribution in [0.1, 0.15) is 6.42 Å². The first-order valence-corrected chi connectivity index (χ1v) is 9.27. The lowest BCUT2D eigenvalue weighted by atomic mass is 10.3. The lowest BCUT2D eigenvalue weighted by Gasteiger charge is -2.13. The zero-order valence-electron chi connectivity index (χ0n) is 10.9. The number of hydrogen-bond donors (Lipinski definition) is 2. The number of ether oxygens (including phenoxy) is 1. The van der Waals surface area contributed by atoms with Crippen molar-refractivity contribution in [3.8, 4) is 0 Å². The maximum Gasteiger partial charge on any atom is 0.242 e. The minimum Gasteiger partial charge on any atom is -0.398 e. The topological polar surface area (TPSA) is 116 Å². The van der Waals surface area contributed by atoms with Gasteiger partial charge < -0.3 is 10.5 Å². The van der Waals surface area contributed by atoms with Gasteiger partial charge in [-0.3, -0.25) is 0 Å². The zero-order chi connectivity index (χ0) is 15.0. The van der Waals surface area contributed by atoms with Gasteiger partial charge in [0.25, 0.3) is 0 Å².